The number of alkyl halides is 1. The minimum Gasteiger partial charge on any atom is -0.279 e. The maximum atomic E-state index is 6.04. The Morgan fingerprint density at radius 1 is 1.35 bits per heavy atom. The molecule has 0 atom stereocenters. The fourth-order valence-corrected chi connectivity index (χ4v) is 3.36. The van der Waals surface area contributed by atoms with Crippen LogP contribution in [0.2, 0.25) is 5.02 Å². The average Bonchev–Trinajstić information content (AvgIpc) is 2.89. The van der Waals surface area contributed by atoms with E-state index in [4.69, 9.17) is 23.2 Å². The van der Waals surface area contributed by atoms with E-state index in [1.54, 1.807) is 0 Å². The Hall–Kier alpha value is -1.04. The van der Waals surface area contributed by atoms with Gasteiger partial charge in [-0.25, -0.2) is 9.67 Å². The Morgan fingerprint density at radius 3 is 2.75 bits per heavy atom. The van der Waals surface area contributed by atoms with Crippen LogP contribution in [-0.2, 0) is 12.9 Å². The molecule has 0 bridgehead atoms. The first kappa shape index (κ1) is 13.9. The van der Waals surface area contributed by atoms with Gasteiger partial charge in [0.1, 0.15) is 11.3 Å². The van der Waals surface area contributed by atoms with E-state index in [9.17, 15) is 0 Å². The summed E-state index contributed by atoms with van der Waals surface area (Å²) in [5.74, 6) is 1.10. The number of rotatable bonds is 2. The summed E-state index contributed by atoms with van der Waals surface area (Å²) in [5, 5.41) is 5.08. The minimum absolute atomic E-state index is 0.323. The van der Waals surface area contributed by atoms with E-state index in [0.717, 1.165) is 32.8 Å². The monoisotopic (exact) mass is 372 g/mol. The Labute approximate surface area is 134 Å². The third kappa shape index (κ3) is 2.05. The standard InChI is InChI=1S/C13H11BrCl2N4/c1-7-12-13(19(2)18-7)20(11(6-15)17-12)10-4-3-8(16)5-9(10)14/h3-5H,6H2,1-2H3. The number of fused-ring (bicyclic) bond motifs is 1. The summed E-state index contributed by atoms with van der Waals surface area (Å²) < 4.78 is 4.70. The molecule has 0 unspecified atom stereocenters. The molecule has 0 radical (unpaired) electrons. The van der Waals surface area contributed by atoms with Crippen LogP contribution in [0, 0.1) is 6.92 Å². The predicted molar refractivity (Wildman–Crippen MR) is 84.8 cm³/mol. The Bertz CT molecular complexity index is 806. The maximum Gasteiger partial charge on any atom is 0.163 e. The van der Waals surface area contributed by atoms with Crippen molar-refractivity contribution in [2.75, 3.05) is 0 Å². The minimum atomic E-state index is 0.323. The highest BCUT2D eigenvalue weighted by molar-refractivity contribution is 9.10. The largest absolute Gasteiger partial charge is 0.279 e. The average molecular weight is 374 g/mol. The zero-order valence-electron chi connectivity index (χ0n) is 10.9. The van der Waals surface area contributed by atoms with E-state index in [2.05, 4.69) is 26.0 Å². The molecule has 7 heteroatoms. The first-order valence-corrected chi connectivity index (χ1v) is 7.65. The van der Waals surface area contributed by atoms with Crippen LogP contribution >= 0.6 is 39.1 Å². The van der Waals surface area contributed by atoms with Gasteiger partial charge in [-0.15, -0.1) is 11.6 Å². The molecule has 2 heterocycles. The van der Waals surface area contributed by atoms with Crippen molar-refractivity contribution in [2.24, 2.45) is 7.05 Å². The molecule has 0 saturated heterocycles. The molecule has 3 rings (SSSR count). The van der Waals surface area contributed by atoms with Gasteiger partial charge >= 0.3 is 0 Å². The molecular weight excluding hydrogens is 363 g/mol. The van der Waals surface area contributed by atoms with Gasteiger partial charge in [0, 0.05) is 16.5 Å². The lowest BCUT2D eigenvalue weighted by molar-refractivity contribution is 0.754. The summed E-state index contributed by atoms with van der Waals surface area (Å²) in [4.78, 5) is 4.59. The molecule has 0 aliphatic heterocycles. The van der Waals surface area contributed by atoms with E-state index in [1.165, 1.54) is 0 Å². The highest BCUT2D eigenvalue weighted by atomic mass is 79.9. The van der Waals surface area contributed by atoms with Crippen molar-refractivity contribution in [2.45, 2.75) is 12.8 Å². The highest BCUT2D eigenvalue weighted by Gasteiger charge is 2.19. The van der Waals surface area contributed by atoms with Gasteiger partial charge in [-0.05, 0) is 41.1 Å². The van der Waals surface area contributed by atoms with Gasteiger partial charge in [0.05, 0.1) is 17.3 Å². The summed E-state index contributed by atoms with van der Waals surface area (Å²) in [5.41, 5.74) is 3.61. The topological polar surface area (TPSA) is 35.6 Å². The van der Waals surface area contributed by atoms with Crippen molar-refractivity contribution in [1.29, 1.82) is 0 Å². The van der Waals surface area contributed by atoms with Gasteiger partial charge in [0.2, 0.25) is 0 Å². The van der Waals surface area contributed by atoms with E-state index in [0.29, 0.717) is 10.9 Å². The Balaban J connectivity index is 2.39. The van der Waals surface area contributed by atoms with Crippen molar-refractivity contribution in [1.82, 2.24) is 19.3 Å². The van der Waals surface area contributed by atoms with Crippen LogP contribution in [0.4, 0.5) is 0 Å². The Kier molecular flexibility index (Phi) is 3.52. The first-order valence-electron chi connectivity index (χ1n) is 5.95. The lowest BCUT2D eigenvalue weighted by Gasteiger charge is -2.10. The predicted octanol–water partition coefficient (Wildman–Crippen LogP) is 4.22. The van der Waals surface area contributed by atoms with E-state index in [1.807, 2.05) is 41.4 Å². The number of aromatic nitrogens is 4. The van der Waals surface area contributed by atoms with Crippen molar-refractivity contribution in [3.63, 3.8) is 0 Å². The van der Waals surface area contributed by atoms with Crippen molar-refractivity contribution in [3.8, 4) is 5.69 Å². The number of hydrogen-bond donors (Lipinski definition) is 0. The molecule has 0 spiro atoms. The van der Waals surface area contributed by atoms with Crippen LogP contribution in [-0.4, -0.2) is 19.3 Å². The molecule has 3 aromatic rings. The Morgan fingerprint density at radius 2 is 2.10 bits per heavy atom. The van der Waals surface area contributed by atoms with Crippen molar-refractivity contribution < 1.29 is 0 Å². The highest BCUT2D eigenvalue weighted by Crippen LogP contribution is 2.30. The second-order valence-corrected chi connectivity index (χ2v) is 6.03. The van der Waals surface area contributed by atoms with Gasteiger partial charge in [-0.2, -0.15) is 5.10 Å². The lowest BCUT2D eigenvalue weighted by atomic mass is 10.3. The van der Waals surface area contributed by atoms with Crippen LogP contribution in [0.25, 0.3) is 16.9 Å². The lowest BCUT2D eigenvalue weighted by Crippen LogP contribution is -2.05. The molecule has 2 aromatic heterocycles. The van der Waals surface area contributed by atoms with Gasteiger partial charge in [0.15, 0.2) is 5.65 Å². The fourth-order valence-electron chi connectivity index (χ4n) is 2.32. The number of hydrogen-bond acceptors (Lipinski definition) is 2. The first-order chi connectivity index (χ1) is 9.52. The van der Waals surface area contributed by atoms with Gasteiger partial charge in [0.25, 0.3) is 0 Å². The number of halogens is 3. The number of aryl methyl sites for hydroxylation is 2. The molecule has 0 aliphatic rings. The molecule has 0 N–H and O–H groups in total. The summed E-state index contributed by atoms with van der Waals surface area (Å²) in [7, 11) is 1.90. The third-order valence-electron chi connectivity index (χ3n) is 3.14. The van der Waals surface area contributed by atoms with Crippen LogP contribution in [0.1, 0.15) is 11.5 Å². The molecule has 20 heavy (non-hydrogen) atoms. The molecule has 0 saturated carbocycles. The SMILES string of the molecule is Cc1nn(C)c2c1nc(CCl)n2-c1ccc(Cl)cc1Br. The second kappa shape index (κ2) is 5.06. The van der Waals surface area contributed by atoms with Crippen molar-refractivity contribution in [3.05, 3.63) is 39.2 Å². The van der Waals surface area contributed by atoms with E-state index < -0.39 is 0 Å². The molecule has 0 fully saturated rings. The zero-order valence-corrected chi connectivity index (χ0v) is 14.0. The number of nitrogens with zero attached hydrogens (tertiary/aromatic N) is 4. The van der Waals surface area contributed by atoms with E-state index >= 15 is 0 Å². The summed E-state index contributed by atoms with van der Waals surface area (Å²) in [6.45, 7) is 1.94. The maximum absolute atomic E-state index is 6.04. The van der Waals surface area contributed by atoms with Gasteiger partial charge < -0.3 is 0 Å². The second-order valence-electron chi connectivity index (χ2n) is 4.47. The van der Waals surface area contributed by atoms with Crippen LogP contribution in [0.3, 0.4) is 0 Å². The van der Waals surface area contributed by atoms with Crippen molar-refractivity contribution >= 4 is 50.3 Å². The van der Waals surface area contributed by atoms with Crippen LogP contribution < -0.4 is 0 Å². The quantitative estimate of drug-likeness (QED) is 0.630. The normalized spacial score (nSPS) is 11.4. The van der Waals surface area contributed by atoms with Gasteiger partial charge in [-0.3, -0.25) is 4.57 Å². The molecular formula is C13H11BrCl2N4. The number of imidazole rings is 1. The summed E-state index contributed by atoms with van der Waals surface area (Å²) in [6, 6.07) is 5.63. The molecule has 104 valence electrons. The fraction of sp³-hybridized carbons (Fsp3) is 0.231. The molecule has 0 amide bonds. The summed E-state index contributed by atoms with van der Waals surface area (Å²) >= 11 is 15.6. The number of benzene rings is 1. The molecule has 1 aromatic carbocycles. The summed E-state index contributed by atoms with van der Waals surface area (Å²) in [6.07, 6.45) is 0. The van der Waals surface area contributed by atoms with Crippen LogP contribution in [0.5, 0.6) is 0 Å². The smallest absolute Gasteiger partial charge is 0.163 e. The molecule has 0 aliphatic carbocycles. The van der Waals surface area contributed by atoms with Gasteiger partial charge in [-0.1, -0.05) is 11.6 Å². The van der Waals surface area contributed by atoms with E-state index in [-0.39, 0.29) is 0 Å². The zero-order chi connectivity index (χ0) is 14.4. The third-order valence-corrected chi connectivity index (χ3v) is 4.25. The van der Waals surface area contributed by atoms with Crippen LogP contribution in [0.15, 0.2) is 22.7 Å². The molecule has 4 nitrogen and oxygen atoms in total.